The first-order valence-corrected chi connectivity index (χ1v) is 11.2. The highest BCUT2D eigenvalue weighted by Crippen LogP contribution is 2.49. The van der Waals surface area contributed by atoms with Crippen molar-refractivity contribution >= 4 is 17.3 Å². The lowest BCUT2D eigenvalue weighted by Gasteiger charge is -2.38. The fourth-order valence-corrected chi connectivity index (χ4v) is 5.63. The van der Waals surface area contributed by atoms with Crippen LogP contribution in [-0.4, -0.2) is 18.7 Å². The van der Waals surface area contributed by atoms with Gasteiger partial charge in [0.2, 0.25) is 0 Å². The zero-order valence-corrected chi connectivity index (χ0v) is 17.2. The lowest BCUT2D eigenvalue weighted by atomic mass is 9.81. The summed E-state index contributed by atoms with van der Waals surface area (Å²) >= 11 is 1.86. The van der Waals surface area contributed by atoms with Gasteiger partial charge in [0.25, 0.3) is 0 Å². The number of carbonyl (C=O) groups excluding carboxylic acids is 1. The number of thiophene rings is 1. The van der Waals surface area contributed by atoms with Gasteiger partial charge in [0, 0.05) is 21.9 Å². The van der Waals surface area contributed by atoms with E-state index in [1.165, 1.54) is 29.7 Å². The van der Waals surface area contributed by atoms with Crippen LogP contribution in [0.3, 0.4) is 0 Å². The van der Waals surface area contributed by atoms with Crippen molar-refractivity contribution in [3.05, 3.63) is 69.6 Å². The molecule has 29 heavy (non-hydrogen) atoms. The number of carbonyl (C=O) groups is 1. The normalized spacial score (nSPS) is 23.3. The summed E-state index contributed by atoms with van der Waals surface area (Å²) in [4.78, 5) is 13.3. The number of hydrogen-bond acceptors (Lipinski definition) is 5. The van der Waals surface area contributed by atoms with Crippen molar-refractivity contribution in [3.63, 3.8) is 0 Å². The van der Waals surface area contributed by atoms with Gasteiger partial charge in [-0.1, -0.05) is 25.0 Å². The highest BCUT2D eigenvalue weighted by atomic mass is 32.1. The van der Waals surface area contributed by atoms with Crippen LogP contribution in [-0.2, 0) is 9.47 Å². The second kappa shape index (κ2) is 7.81. The number of rotatable bonds is 4. The summed E-state index contributed by atoms with van der Waals surface area (Å²) in [6.45, 7) is 2.17. The van der Waals surface area contributed by atoms with Crippen molar-refractivity contribution in [1.82, 2.24) is 0 Å². The minimum Gasteiger partial charge on any atom is -0.462 e. The Morgan fingerprint density at radius 3 is 2.76 bits per heavy atom. The molecule has 0 spiro atoms. The van der Waals surface area contributed by atoms with Crippen molar-refractivity contribution in [2.45, 2.75) is 50.7 Å². The minimum atomic E-state index is -0.304. The van der Waals surface area contributed by atoms with E-state index in [1.807, 2.05) is 35.6 Å². The van der Waals surface area contributed by atoms with E-state index in [2.05, 4.69) is 11.4 Å². The predicted octanol–water partition coefficient (Wildman–Crippen LogP) is 6.33. The van der Waals surface area contributed by atoms with Crippen LogP contribution in [0.2, 0.25) is 0 Å². The summed E-state index contributed by atoms with van der Waals surface area (Å²) in [5.74, 6) is 1.86. The van der Waals surface area contributed by atoms with Gasteiger partial charge in [-0.05, 0) is 55.5 Å². The Hall–Kier alpha value is -2.37. The molecule has 0 radical (unpaired) electrons. The molecular formula is C24H24O4S. The Kier molecular flexibility index (Phi) is 5.02. The van der Waals surface area contributed by atoms with Gasteiger partial charge >= 0.3 is 5.97 Å². The van der Waals surface area contributed by atoms with Crippen LogP contribution < -0.4 is 0 Å². The van der Waals surface area contributed by atoms with Crippen LogP contribution in [0, 0.1) is 0 Å². The van der Waals surface area contributed by atoms with E-state index in [-0.39, 0.29) is 18.2 Å². The van der Waals surface area contributed by atoms with E-state index in [9.17, 15) is 4.79 Å². The maximum Gasteiger partial charge on any atom is 0.338 e. The summed E-state index contributed by atoms with van der Waals surface area (Å²) in [5.41, 5.74) is 2.74. The van der Waals surface area contributed by atoms with Gasteiger partial charge in [0.15, 0.2) is 0 Å². The van der Waals surface area contributed by atoms with Crippen LogP contribution >= 0.6 is 11.3 Å². The Bertz CT molecular complexity index is 1000. The molecule has 0 N–H and O–H groups in total. The van der Waals surface area contributed by atoms with Crippen LogP contribution in [0.5, 0.6) is 0 Å². The van der Waals surface area contributed by atoms with Gasteiger partial charge in [0.05, 0.1) is 18.3 Å². The van der Waals surface area contributed by atoms with Crippen molar-refractivity contribution in [2.75, 3.05) is 6.61 Å². The van der Waals surface area contributed by atoms with Crippen molar-refractivity contribution in [1.29, 1.82) is 0 Å². The largest absolute Gasteiger partial charge is 0.462 e. The lowest BCUT2D eigenvalue weighted by molar-refractivity contribution is -0.0451. The molecule has 0 unspecified atom stereocenters. The molecule has 1 saturated carbocycles. The highest BCUT2D eigenvalue weighted by Gasteiger charge is 2.39. The third-order valence-electron chi connectivity index (χ3n) is 5.93. The molecule has 0 bridgehead atoms. The standard InChI is InChI=1S/C24H24O4S/c1-2-26-24(25)16-9-7-15(8-10-16)19-11-12-21(27-19)22-18-13-14-29-23(18)17-5-3-4-6-20(17)28-22/h7-14,17,20,22H,2-6H2,1H3/t17-,20-,22+/m0/s1. The Morgan fingerprint density at radius 2 is 1.93 bits per heavy atom. The monoisotopic (exact) mass is 408 g/mol. The topological polar surface area (TPSA) is 48.7 Å². The third-order valence-corrected chi connectivity index (χ3v) is 6.99. The van der Waals surface area contributed by atoms with Gasteiger partial charge in [-0.15, -0.1) is 11.3 Å². The molecule has 3 atom stereocenters. The van der Waals surface area contributed by atoms with Crippen molar-refractivity contribution in [3.8, 4) is 11.3 Å². The lowest BCUT2D eigenvalue weighted by Crippen LogP contribution is -2.32. The summed E-state index contributed by atoms with van der Waals surface area (Å²) < 4.78 is 17.8. The molecule has 4 nitrogen and oxygen atoms in total. The van der Waals surface area contributed by atoms with Gasteiger partial charge in [-0.3, -0.25) is 0 Å². The molecule has 2 aromatic heterocycles. The molecule has 1 aliphatic carbocycles. The maximum absolute atomic E-state index is 11.8. The van der Waals surface area contributed by atoms with E-state index in [0.717, 1.165) is 23.5 Å². The summed E-state index contributed by atoms with van der Waals surface area (Å²) in [7, 11) is 0. The van der Waals surface area contributed by atoms with Crippen LogP contribution in [0.1, 0.15) is 71.2 Å². The first kappa shape index (κ1) is 18.6. The zero-order chi connectivity index (χ0) is 19.8. The Balaban J connectivity index is 1.41. The average molecular weight is 409 g/mol. The summed E-state index contributed by atoms with van der Waals surface area (Å²) in [5, 5.41) is 2.18. The van der Waals surface area contributed by atoms with Crippen LogP contribution in [0.25, 0.3) is 11.3 Å². The second-order valence-electron chi connectivity index (χ2n) is 7.69. The number of benzene rings is 1. The molecule has 150 valence electrons. The molecule has 3 aromatic rings. The molecule has 1 aliphatic heterocycles. The number of hydrogen-bond donors (Lipinski definition) is 0. The SMILES string of the molecule is CCOC(=O)c1ccc(-c2ccc([C@@H]3O[C@H]4CCCC[C@@H]4c4sccc43)o2)cc1. The summed E-state index contributed by atoms with van der Waals surface area (Å²) in [6.07, 6.45) is 5.03. The quantitative estimate of drug-likeness (QED) is 0.473. The highest BCUT2D eigenvalue weighted by molar-refractivity contribution is 7.10. The molecule has 1 fully saturated rings. The third kappa shape index (κ3) is 3.43. The van der Waals surface area contributed by atoms with E-state index in [4.69, 9.17) is 13.9 Å². The molecule has 5 heteroatoms. The number of esters is 1. The van der Waals surface area contributed by atoms with Crippen molar-refractivity contribution < 1.29 is 18.7 Å². The Morgan fingerprint density at radius 1 is 1.10 bits per heavy atom. The number of furan rings is 1. The van der Waals surface area contributed by atoms with Gasteiger partial charge in [0.1, 0.15) is 17.6 Å². The summed E-state index contributed by atoms with van der Waals surface area (Å²) in [6, 6.07) is 13.5. The zero-order valence-electron chi connectivity index (χ0n) is 16.4. The first-order chi connectivity index (χ1) is 14.2. The van der Waals surface area contributed by atoms with E-state index < -0.39 is 0 Å². The molecule has 1 aromatic carbocycles. The minimum absolute atomic E-state index is 0.136. The smallest absolute Gasteiger partial charge is 0.338 e. The van der Waals surface area contributed by atoms with Crippen LogP contribution in [0.15, 0.2) is 52.3 Å². The van der Waals surface area contributed by atoms with Crippen LogP contribution in [0.4, 0.5) is 0 Å². The first-order valence-electron chi connectivity index (χ1n) is 10.3. The average Bonchev–Trinajstić information content (AvgIpc) is 3.44. The molecular weight excluding hydrogens is 384 g/mol. The van der Waals surface area contributed by atoms with Gasteiger partial charge in [-0.25, -0.2) is 4.79 Å². The fraction of sp³-hybridized carbons (Fsp3) is 0.375. The number of fused-ring (bicyclic) bond motifs is 3. The van der Waals surface area contributed by atoms with E-state index in [1.54, 1.807) is 19.1 Å². The van der Waals surface area contributed by atoms with Gasteiger partial charge in [-0.2, -0.15) is 0 Å². The second-order valence-corrected chi connectivity index (χ2v) is 8.63. The molecule has 3 heterocycles. The number of ether oxygens (including phenoxy) is 2. The molecule has 5 rings (SSSR count). The van der Waals surface area contributed by atoms with E-state index in [0.29, 0.717) is 18.1 Å². The van der Waals surface area contributed by atoms with Crippen molar-refractivity contribution in [2.24, 2.45) is 0 Å². The van der Waals surface area contributed by atoms with E-state index >= 15 is 0 Å². The fourth-order valence-electron chi connectivity index (χ4n) is 4.51. The molecule has 0 saturated heterocycles. The maximum atomic E-state index is 11.8. The molecule has 2 aliphatic rings. The van der Waals surface area contributed by atoms with Gasteiger partial charge < -0.3 is 13.9 Å². The molecule has 0 amide bonds. The predicted molar refractivity (Wildman–Crippen MR) is 112 cm³/mol. The Labute approximate surface area is 174 Å².